The van der Waals surface area contributed by atoms with Crippen molar-refractivity contribution in [3.8, 4) is 0 Å². The molecule has 1 aromatic heterocycles. The Morgan fingerprint density at radius 2 is 1.68 bits per heavy atom. The molecule has 6 heteroatoms. The molecule has 0 bridgehead atoms. The minimum absolute atomic E-state index is 0.00807. The van der Waals surface area contributed by atoms with Gasteiger partial charge in [0.15, 0.2) is 0 Å². The predicted molar refractivity (Wildman–Crippen MR) is 121 cm³/mol. The number of hydrogen-bond acceptors (Lipinski definition) is 4. The first-order valence-corrected chi connectivity index (χ1v) is 10.7. The van der Waals surface area contributed by atoms with Crippen LogP contribution in [0.2, 0.25) is 0 Å². The normalized spacial score (nSPS) is 18.8. The van der Waals surface area contributed by atoms with Gasteiger partial charge in [-0.1, -0.05) is 45.0 Å². The fraction of sp³-hybridized carbons (Fsp3) is 0.400. The summed E-state index contributed by atoms with van der Waals surface area (Å²) in [5.74, 6) is -1.36. The van der Waals surface area contributed by atoms with Gasteiger partial charge in [-0.25, -0.2) is 0 Å². The second kappa shape index (κ2) is 9.02. The van der Waals surface area contributed by atoms with Gasteiger partial charge in [-0.2, -0.15) is 0 Å². The summed E-state index contributed by atoms with van der Waals surface area (Å²) in [6, 6.07) is 10.6. The van der Waals surface area contributed by atoms with Crippen LogP contribution in [0.3, 0.4) is 0 Å². The molecule has 6 nitrogen and oxygen atoms in total. The molecule has 2 aromatic rings. The quantitative estimate of drug-likeness (QED) is 0.426. The van der Waals surface area contributed by atoms with Crippen LogP contribution in [-0.4, -0.2) is 53.9 Å². The van der Waals surface area contributed by atoms with Crippen molar-refractivity contribution < 1.29 is 19.6 Å². The number of carbonyl (C=O) groups excluding carboxylic acids is 2. The van der Waals surface area contributed by atoms with Gasteiger partial charge < -0.3 is 14.9 Å². The van der Waals surface area contributed by atoms with Crippen molar-refractivity contribution in [1.82, 2.24) is 9.88 Å². The van der Waals surface area contributed by atoms with Crippen molar-refractivity contribution >= 4 is 17.4 Å². The van der Waals surface area contributed by atoms with Crippen LogP contribution in [0.4, 0.5) is 0 Å². The molecule has 164 valence electrons. The summed E-state index contributed by atoms with van der Waals surface area (Å²) in [5.41, 5.74) is 2.59. The van der Waals surface area contributed by atoms with E-state index in [9.17, 15) is 14.7 Å². The van der Waals surface area contributed by atoms with Crippen LogP contribution in [0.5, 0.6) is 0 Å². The average molecular weight is 423 g/mol. The number of amides is 1. The molecular formula is C25H32N3O3+. The molecule has 0 aliphatic carbocycles. The lowest BCUT2D eigenvalue weighted by Gasteiger charge is -2.26. The lowest BCUT2D eigenvalue weighted by atomic mass is 9.85. The van der Waals surface area contributed by atoms with Crippen molar-refractivity contribution in [3.63, 3.8) is 0 Å². The Morgan fingerprint density at radius 3 is 2.23 bits per heavy atom. The summed E-state index contributed by atoms with van der Waals surface area (Å²) in [5, 5.41) is 11.0. The zero-order valence-corrected chi connectivity index (χ0v) is 19.0. The van der Waals surface area contributed by atoms with Gasteiger partial charge in [-0.05, 0) is 28.7 Å². The number of benzene rings is 1. The number of carbonyl (C=O) groups is 2. The van der Waals surface area contributed by atoms with Gasteiger partial charge in [0.2, 0.25) is 0 Å². The average Bonchev–Trinajstić information content (AvgIpc) is 2.98. The van der Waals surface area contributed by atoms with Crippen LogP contribution >= 0.6 is 0 Å². The van der Waals surface area contributed by atoms with E-state index in [1.54, 1.807) is 29.4 Å². The number of pyridine rings is 1. The van der Waals surface area contributed by atoms with Gasteiger partial charge in [0.1, 0.15) is 5.76 Å². The largest absolute Gasteiger partial charge is 0.507 e. The highest BCUT2D eigenvalue weighted by atomic mass is 16.3. The van der Waals surface area contributed by atoms with Gasteiger partial charge >= 0.3 is 0 Å². The smallest absolute Gasteiger partial charge is 0.295 e. The summed E-state index contributed by atoms with van der Waals surface area (Å²) in [6.07, 6.45) is 3.87. The van der Waals surface area contributed by atoms with Crippen molar-refractivity contribution in [1.29, 1.82) is 0 Å². The Balaban J connectivity index is 2.08. The lowest BCUT2D eigenvalue weighted by molar-refractivity contribution is -0.858. The molecule has 0 radical (unpaired) electrons. The second-order valence-corrected chi connectivity index (χ2v) is 9.41. The highest BCUT2D eigenvalue weighted by Gasteiger charge is 2.45. The maximum absolute atomic E-state index is 13.0. The highest BCUT2D eigenvalue weighted by molar-refractivity contribution is 6.46. The SMILES string of the molecule is C[NH+](C)CCCN1C(=O)C(=O)C(=C(O)c2ccncc2)[C@@H]1c1ccc(C(C)(C)C)cc1. The van der Waals surface area contributed by atoms with Crippen LogP contribution in [-0.2, 0) is 15.0 Å². The first kappa shape index (κ1) is 22.7. The molecule has 2 N–H and O–H groups in total. The Bertz CT molecular complexity index is 973. The summed E-state index contributed by atoms with van der Waals surface area (Å²) >= 11 is 0. The van der Waals surface area contributed by atoms with Crippen LogP contribution < -0.4 is 4.90 Å². The molecule has 31 heavy (non-hydrogen) atoms. The predicted octanol–water partition coefficient (Wildman–Crippen LogP) is 2.34. The number of aliphatic hydroxyl groups is 1. The van der Waals surface area contributed by atoms with Crippen molar-refractivity contribution in [2.24, 2.45) is 0 Å². The molecule has 3 rings (SSSR count). The van der Waals surface area contributed by atoms with Gasteiger partial charge in [0, 0.05) is 30.9 Å². The molecule has 1 aromatic carbocycles. The molecule has 1 amide bonds. The number of rotatable bonds is 6. The maximum atomic E-state index is 13.0. The summed E-state index contributed by atoms with van der Waals surface area (Å²) in [6.45, 7) is 7.75. The topological polar surface area (TPSA) is 74.9 Å². The van der Waals surface area contributed by atoms with E-state index in [-0.39, 0.29) is 16.7 Å². The Hall–Kier alpha value is -2.99. The number of Topliss-reactive ketones (excluding diaryl/α,β-unsaturated/α-hetero) is 1. The van der Waals surface area contributed by atoms with Gasteiger partial charge in [0.05, 0.1) is 32.3 Å². The molecule has 1 aliphatic heterocycles. The number of aliphatic hydroxyl groups excluding tert-OH is 1. The number of quaternary nitrogens is 1. The number of ketones is 1. The third kappa shape index (κ3) is 4.85. The zero-order chi connectivity index (χ0) is 22.8. The lowest BCUT2D eigenvalue weighted by Crippen LogP contribution is -3.05. The minimum atomic E-state index is -0.642. The number of nitrogens with one attached hydrogen (secondary N) is 1. The van der Waals surface area contributed by atoms with Crippen LogP contribution in [0, 0.1) is 0 Å². The number of aromatic nitrogens is 1. The van der Waals surface area contributed by atoms with Crippen LogP contribution in [0.15, 0.2) is 54.4 Å². The van der Waals surface area contributed by atoms with Gasteiger partial charge in [-0.3, -0.25) is 14.6 Å². The Labute approximate surface area is 184 Å². The third-order valence-electron chi connectivity index (χ3n) is 5.66. The number of nitrogens with zero attached hydrogens (tertiary/aromatic N) is 2. The third-order valence-corrected chi connectivity index (χ3v) is 5.66. The molecule has 0 spiro atoms. The summed E-state index contributed by atoms with van der Waals surface area (Å²) in [7, 11) is 4.11. The second-order valence-electron chi connectivity index (χ2n) is 9.41. The van der Waals surface area contributed by atoms with E-state index < -0.39 is 17.7 Å². The number of hydrogen-bond donors (Lipinski definition) is 2. The molecule has 1 atom stereocenters. The molecule has 1 saturated heterocycles. The van der Waals surface area contributed by atoms with E-state index in [4.69, 9.17) is 0 Å². The van der Waals surface area contributed by atoms with Crippen molar-refractivity contribution in [2.75, 3.05) is 27.2 Å². The van der Waals surface area contributed by atoms with E-state index in [2.05, 4.69) is 39.9 Å². The number of likely N-dealkylation sites (tertiary alicyclic amines) is 1. The van der Waals surface area contributed by atoms with E-state index in [0.717, 1.165) is 18.5 Å². The Kier molecular flexibility index (Phi) is 6.60. The standard InChI is InChI=1S/C25H31N3O3/c1-25(2,3)19-9-7-17(8-10-19)21-20(22(29)18-11-13-26-14-12-18)23(30)24(31)28(21)16-6-15-27(4)5/h7-14,21,29H,6,15-16H2,1-5H3/p+1/t21-/m0/s1. The minimum Gasteiger partial charge on any atom is -0.507 e. The molecule has 1 fully saturated rings. The van der Waals surface area contributed by atoms with Crippen molar-refractivity contribution in [2.45, 2.75) is 38.6 Å². The molecule has 1 aliphatic rings. The summed E-state index contributed by atoms with van der Waals surface area (Å²) in [4.78, 5) is 32.8. The first-order valence-electron chi connectivity index (χ1n) is 10.7. The van der Waals surface area contributed by atoms with E-state index in [1.165, 1.54) is 10.5 Å². The summed E-state index contributed by atoms with van der Waals surface area (Å²) < 4.78 is 0. The molecule has 2 heterocycles. The first-order chi connectivity index (χ1) is 14.6. The zero-order valence-electron chi connectivity index (χ0n) is 19.0. The van der Waals surface area contributed by atoms with E-state index >= 15 is 0 Å². The monoisotopic (exact) mass is 422 g/mol. The van der Waals surface area contributed by atoms with Crippen LogP contribution in [0.25, 0.3) is 5.76 Å². The Morgan fingerprint density at radius 1 is 1.06 bits per heavy atom. The van der Waals surface area contributed by atoms with Crippen molar-refractivity contribution in [3.05, 3.63) is 71.1 Å². The molecule has 0 saturated carbocycles. The maximum Gasteiger partial charge on any atom is 0.295 e. The molecular weight excluding hydrogens is 390 g/mol. The van der Waals surface area contributed by atoms with E-state index in [0.29, 0.717) is 12.1 Å². The van der Waals surface area contributed by atoms with E-state index in [1.807, 2.05) is 24.3 Å². The van der Waals surface area contributed by atoms with Crippen LogP contribution in [0.1, 0.15) is 49.9 Å². The van der Waals surface area contributed by atoms with Gasteiger partial charge in [0.25, 0.3) is 11.7 Å². The van der Waals surface area contributed by atoms with Gasteiger partial charge in [-0.15, -0.1) is 0 Å². The fourth-order valence-electron chi connectivity index (χ4n) is 3.89. The molecule has 0 unspecified atom stereocenters. The fourth-order valence-corrected chi connectivity index (χ4v) is 3.89. The highest BCUT2D eigenvalue weighted by Crippen LogP contribution is 2.39.